The van der Waals surface area contributed by atoms with E-state index < -0.39 is 9.84 Å². The van der Waals surface area contributed by atoms with E-state index in [0.717, 1.165) is 17.7 Å². The summed E-state index contributed by atoms with van der Waals surface area (Å²) in [6.45, 7) is 3.86. The van der Waals surface area contributed by atoms with Gasteiger partial charge in [0, 0.05) is 25.8 Å². The lowest BCUT2D eigenvalue weighted by molar-refractivity contribution is -0.132. The van der Waals surface area contributed by atoms with Crippen molar-refractivity contribution in [1.29, 1.82) is 0 Å². The second-order valence-corrected chi connectivity index (χ2v) is 8.73. The second-order valence-electron chi connectivity index (χ2n) is 6.40. The van der Waals surface area contributed by atoms with Crippen LogP contribution in [0.2, 0.25) is 0 Å². The van der Waals surface area contributed by atoms with Crippen molar-refractivity contribution in [3.8, 4) is 5.75 Å². The summed E-state index contributed by atoms with van der Waals surface area (Å²) in [6.07, 6.45) is 4.51. The summed E-state index contributed by atoms with van der Waals surface area (Å²) in [7, 11) is -2.99. The molecule has 0 spiro atoms. The van der Waals surface area contributed by atoms with Crippen LogP contribution in [0, 0.1) is 0 Å². The lowest BCUT2D eigenvalue weighted by atomic mass is 10.1. The molecule has 1 fully saturated rings. The largest absolute Gasteiger partial charge is 0.494 e. The van der Waals surface area contributed by atoms with Gasteiger partial charge in [-0.2, -0.15) is 0 Å². The molecule has 1 aromatic carbocycles. The number of piperidine rings is 1. The number of sulfone groups is 1. The number of amides is 1. The summed E-state index contributed by atoms with van der Waals surface area (Å²) in [5.74, 6) is 0.961. The molecule has 0 saturated carbocycles. The van der Waals surface area contributed by atoms with Crippen LogP contribution in [0.5, 0.6) is 5.75 Å². The predicted molar refractivity (Wildman–Crippen MR) is 95.0 cm³/mol. The Morgan fingerprint density at radius 3 is 2.38 bits per heavy atom. The zero-order valence-corrected chi connectivity index (χ0v) is 15.3. The predicted octanol–water partition coefficient (Wildman–Crippen LogP) is 2.44. The highest BCUT2D eigenvalue weighted by atomic mass is 32.2. The van der Waals surface area contributed by atoms with Crippen molar-refractivity contribution in [3.05, 3.63) is 29.8 Å². The van der Waals surface area contributed by atoms with Crippen molar-refractivity contribution < 1.29 is 17.9 Å². The number of ether oxygens (including phenoxy) is 1. The normalized spacial score (nSPS) is 16.2. The number of rotatable bonds is 7. The molecule has 1 heterocycles. The minimum atomic E-state index is -2.99. The van der Waals surface area contributed by atoms with Gasteiger partial charge in [-0.25, -0.2) is 8.42 Å². The van der Waals surface area contributed by atoms with Crippen LogP contribution < -0.4 is 4.74 Å². The van der Waals surface area contributed by atoms with Crippen LogP contribution in [0.3, 0.4) is 0 Å². The third-order valence-electron chi connectivity index (χ3n) is 4.42. The third-order valence-corrected chi connectivity index (χ3v) is 6.11. The number of benzene rings is 1. The van der Waals surface area contributed by atoms with Gasteiger partial charge in [0.2, 0.25) is 5.91 Å². The first-order chi connectivity index (χ1) is 11.4. The summed E-state index contributed by atoms with van der Waals surface area (Å²) in [5, 5.41) is -0.294. The molecular formula is C18H27NO4S. The van der Waals surface area contributed by atoms with Gasteiger partial charge in [-0.1, -0.05) is 19.1 Å². The fraction of sp³-hybridized carbons (Fsp3) is 0.611. The topological polar surface area (TPSA) is 63.7 Å². The van der Waals surface area contributed by atoms with Gasteiger partial charge in [0.1, 0.15) is 15.6 Å². The highest BCUT2D eigenvalue weighted by Crippen LogP contribution is 2.19. The lowest BCUT2D eigenvalue weighted by Crippen LogP contribution is -2.42. The van der Waals surface area contributed by atoms with E-state index in [4.69, 9.17) is 4.74 Å². The van der Waals surface area contributed by atoms with Crippen molar-refractivity contribution in [2.45, 2.75) is 44.3 Å². The second kappa shape index (κ2) is 8.51. The Morgan fingerprint density at radius 2 is 1.83 bits per heavy atom. The molecule has 24 heavy (non-hydrogen) atoms. The van der Waals surface area contributed by atoms with Crippen LogP contribution in [0.1, 0.15) is 38.2 Å². The number of carbonyl (C=O) groups is 1. The molecule has 0 aromatic heterocycles. The van der Waals surface area contributed by atoms with Crippen LogP contribution >= 0.6 is 0 Å². The van der Waals surface area contributed by atoms with E-state index in [1.54, 1.807) is 4.90 Å². The van der Waals surface area contributed by atoms with Crippen LogP contribution in [0.15, 0.2) is 24.3 Å². The number of aryl methyl sites for hydroxylation is 1. The van der Waals surface area contributed by atoms with Crippen molar-refractivity contribution in [3.63, 3.8) is 0 Å². The number of hydrogen-bond donors (Lipinski definition) is 0. The number of likely N-dealkylation sites (tertiary alicyclic amines) is 1. The molecule has 0 atom stereocenters. The quantitative estimate of drug-likeness (QED) is 0.755. The molecule has 1 aliphatic rings. The third kappa shape index (κ3) is 5.51. The average molecular weight is 353 g/mol. The van der Waals surface area contributed by atoms with Crippen LogP contribution in [0.4, 0.5) is 0 Å². The van der Waals surface area contributed by atoms with Gasteiger partial charge in [0.25, 0.3) is 0 Å². The van der Waals surface area contributed by atoms with Crippen LogP contribution in [-0.2, 0) is 21.1 Å². The molecule has 5 nitrogen and oxygen atoms in total. The molecule has 0 N–H and O–H groups in total. The zero-order chi connectivity index (χ0) is 17.6. The molecule has 0 radical (unpaired) electrons. The molecule has 1 amide bonds. The maximum Gasteiger partial charge on any atom is 0.222 e. The first kappa shape index (κ1) is 18.8. The summed E-state index contributed by atoms with van der Waals surface area (Å²) < 4.78 is 28.7. The summed E-state index contributed by atoms with van der Waals surface area (Å²) in [4.78, 5) is 14.1. The first-order valence-corrected chi connectivity index (χ1v) is 10.5. The fourth-order valence-corrected chi connectivity index (χ4v) is 3.98. The Bertz CT molecular complexity index is 631. The molecule has 0 aliphatic carbocycles. The molecule has 0 unspecified atom stereocenters. The van der Waals surface area contributed by atoms with E-state index in [1.165, 1.54) is 6.26 Å². The highest BCUT2D eigenvalue weighted by Gasteiger charge is 2.28. The van der Waals surface area contributed by atoms with Gasteiger partial charge in [-0.05, 0) is 43.4 Å². The van der Waals surface area contributed by atoms with Gasteiger partial charge in [0.15, 0.2) is 0 Å². The van der Waals surface area contributed by atoms with E-state index in [2.05, 4.69) is 6.92 Å². The summed E-state index contributed by atoms with van der Waals surface area (Å²) in [5.41, 5.74) is 1.11. The van der Waals surface area contributed by atoms with Crippen LogP contribution in [0.25, 0.3) is 0 Å². The van der Waals surface area contributed by atoms with Crippen molar-refractivity contribution >= 4 is 15.7 Å². The van der Waals surface area contributed by atoms with Crippen molar-refractivity contribution in [1.82, 2.24) is 4.90 Å². The Morgan fingerprint density at radius 1 is 1.21 bits per heavy atom. The molecule has 6 heteroatoms. The van der Waals surface area contributed by atoms with Gasteiger partial charge in [-0.3, -0.25) is 4.79 Å². The zero-order valence-electron chi connectivity index (χ0n) is 14.5. The minimum absolute atomic E-state index is 0.105. The van der Waals surface area contributed by atoms with E-state index in [-0.39, 0.29) is 11.2 Å². The number of hydrogen-bond acceptors (Lipinski definition) is 4. The molecule has 2 rings (SSSR count). The monoisotopic (exact) mass is 353 g/mol. The van der Waals surface area contributed by atoms with Gasteiger partial charge >= 0.3 is 0 Å². The number of nitrogens with zero attached hydrogens (tertiary/aromatic N) is 1. The fourth-order valence-electron chi connectivity index (χ4n) is 2.91. The van der Waals surface area contributed by atoms with E-state index in [0.29, 0.717) is 45.4 Å². The maximum absolute atomic E-state index is 12.3. The smallest absolute Gasteiger partial charge is 0.222 e. The summed E-state index contributed by atoms with van der Waals surface area (Å²) >= 11 is 0. The van der Waals surface area contributed by atoms with Crippen molar-refractivity contribution in [2.24, 2.45) is 0 Å². The van der Waals surface area contributed by atoms with Crippen LogP contribution in [-0.4, -0.2) is 50.4 Å². The van der Waals surface area contributed by atoms with Crippen molar-refractivity contribution in [2.75, 3.05) is 26.0 Å². The Balaban J connectivity index is 1.77. The molecule has 1 saturated heterocycles. The Labute approximate surface area is 144 Å². The lowest BCUT2D eigenvalue weighted by Gasteiger charge is -2.31. The van der Waals surface area contributed by atoms with E-state index >= 15 is 0 Å². The maximum atomic E-state index is 12.3. The van der Waals surface area contributed by atoms with Gasteiger partial charge in [-0.15, -0.1) is 0 Å². The molecular weight excluding hydrogens is 326 g/mol. The SMILES string of the molecule is CCCOc1ccc(CCC(=O)N2CCC(S(C)(=O)=O)CC2)cc1. The minimum Gasteiger partial charge on any atom is -0.494 e. The standard InChI is InChI=1S/C18H27NO4S/c1-3-14-23-16-7-4-15(5-8-16)6-9-18(20)19-12-10-17(11-13-19)24(2,21)22/h4-5,7-8,17H,3,6,9-14H2,1-2H3. The molecule has 0 bridgehead atoms. The van der Waals surface area contributed by atoms with E-state index in [9.17, 15) is 13.2 Å². The Hall–Kier alpha value is -1.56. The van der Waals surface area contributed by atoms with Gasteiger partial charge in [0.05, 0.1) is 11.9 Å². The molecule has 1 aliphatic heterocycles. The highest BCUT2D eigenvalue weighted by molar-refractivity contribution is 7.91. The number of carbonyl (C=O) groups excluding carboxylic acids is 1. The molecule has 1 aromatic rings. The van der Waals surface area contributed by atoms with Gasteiger partial charge < -0.3 is 9.64 Å². The van der Waals surface area contributed by atoms with E-state index in [1.807, 2.05) is 24.3 Å². The summed E-state index contributed by atoms with van der Waals surface area (Å²) in [6, 6.07) is 7.86. The molecule has 134 valence electrons. The average Bonchev–Trinajstić information content (AvgIpc) is 2.58. The Kier molecular flexibility index (Phi) is 6.66. The first-order valence-electron chi connectivity index (χ1n) is 8.58.